The van der Waals surface area contributed by atoms with Gasteiger partial charge in [0.05, 0.1) is 17.5 Å². The minimum absolute atomic E-state index is 0.203. The number of carbonyl (C=O) groups is 1. The van der Waals surface area contributed by atoms with Gasteiger partial charge in [0, 0.05) is 50.6 Å². The average Bonchev–Trinajstić information content (AvgIpc) is 3.59. The highest BCUT2D eigenvalue weighted by Crippen LogP contribution is 2.40. The maximum absolute atomic E-state index is 14.0. The zero-order valence-electron chi connectivity index (χ0n) is 24.6. The van der Waals surface area contributed by atoms with Crippen molar-refractivity contribution >= 4 is 30.7 Å². The van der Waals surface area contributed by atoms with Gasteiger partial charge in [-0.15, -0.1) is 0 Å². The summed E-state index contributed by atoms with van der Waals surface area (Å²) in [6.07, 6.45) is 14.2. The summed E-state index contributed by atoms with van der Waals surface area (Å²) in [6.45, 7) is 10.3. The molecule has 2 aliphatic carbocycles. The molecule has 2 saturated carbocycles. The van der Waals surface area contributed by atoms with Crippen LogP contribution in [-0.2, 0) is 11.5 Å². The lowest BCUT2D eigenvalue weighted by Gasteiger charge is -2.31. The molecule has 0 N–H and O–H groups in total. The first kappa shape index (κ1) is 28.0. The number of carbonyl (C=O) groups excluding carboxylic acids is 1. The Morgan fingerprint density at radius 2 is 1.87 bits per heavy atom. The number of hydrogen-bond donors (Lipinski definition) is 0. The highest BCUT2D eigenvalue weighted by Gasteiger charge is 2.37. The maximum Gasteiger partial charge on any atom is 0.172 e. The molecule has 0 atom stereocenters. The average molecular weight is 547 g/mol. The molecule has 5 rings (SSSR count). The summed E-state index contributed by atoms with van der Waals surface area (Å²) in [5.41, 5.74) is 4.84. The van der Waals surface area contributed by atoms with Crippen LogP contribution < -0.4 is 4.90 Å². The van der Waals surface area contributed by atoms with Gasteiger partial charge in [-0.3, -0.25) is 4.79 Å². The highest BCUT2D eigenvalue weighted by atomic mass is 28.3. The second-order valence-corrected chi connectivity index (χ2v) is 19.0. The number of aromatic nitrogens is 3. The van der Waals surface area contributed by atoms with Crippen LogP contribution in [0.5, 0.6) is 0 Å². The zero-order chi connectivity index (χ0) is 27.6. The number of benzene rings is 1. The van der Waals surface area contributed by atoms with Crippen LogP contribution in [0.1, 0.15) is 75.1 Å². The molecule has 210 valence electrons. The van der Waals surface area contributed by atoms with Crippen molar-refractivity contribution in [1.29, 1.82) is 0 Å². The highest BCUT2D eigenvalue weighted by molar-refractivity contribution is 6.76. The van der Waals surface area contributed by atoms with Gasteiger partial charge in [-0.2, -0.15) is 0 Å². The lowest BCUT2D eigenvalue weighted by molar-refractivity contribution is 0.0747. The topological polar surface area (TPSA) is 60.2 Å². The second-order valence-electron chi connectivity index (χ2n) is 13.3. The SMILES string of the molecule is CN(c1cccc(-c2cnc3c(n2)c(C(=O)C2(C)CCCCC2)cn3COCC[Si](C)(C)C)c1)C1CCCC1. The fraction of sp³-hybridized carbons (Fsp3) is 0.594. The van der Waals surface area contributed by atoms with Crippen molar-refractivity contribution in [1.82, 2.24) is 14.5 Å². The zero-order valence-corrected chi connectivity index (χ0v) is 25.6. The van der Waals surface area contributed by atoms with Crippen LogP contribution in [0.2, 0.25) is 25.7 Å². The van der Waals surface area contributed by atoms with Crippen LogP contribution in [0.3, 0.4) is 0 Å². The van der Waals surface area contributed by atoms with E-state index in [1.165, 1.54) is 37.8 Å². The Morgan fingerprint density at radius 1 is 1.13 bits per heavy atom. The molecule has 0 amide bonds. The lowest BCUT2D eigenvalue weighted by atomic mass is 9.71. The van der Waals surface area contributed by atoms with Crippen LogP contribution in [0.25, 0.3) is 22.4 Å². The van der Waals surface area contributed by atoms with E-state index in [0.29, 0.717) is 23.9 Å². The largest absolute Gasteiger partial charge is 0.372 e. The van der Waals surface area contributed by atoms with E-state index in [9.17, 15) is 4.79 Å². The molecule has 6 nitrogen and oxygen atoms in total. The van der Waals surface area contributed by atoms with Gasteiger partial charge in [-0.05, 0) is 43.9 Å². The molecule has 3 aromatic rings. The number of Topliss-reactive ketones (excluding diaryl/α,β-unsaturated/α-hetero) is 1. The van der Waals surface area contributed by atoms with Crippen molar-refractivity contribution in [2.75, 3.05) is 18.6 Å². The van der Waals surface area contributed by atoms with Gasteiger partial charge in [-0.25, -0.2) is 9.97 Å². The molecule has 39 heavy (non-hydrogen) atoms. The lowest BCUT2D eigenvalue weighted by Crippen LogP contribution is -2.30. The molecular formula is C32H46N4O2Si. The molecular weight excluding hydrogens is 500 g/mol. The Bertz CT molecular complexity index is 1300. The molecule has 0 aliphatic heterocycles. The third-order valence-corrected chi connectivity index (χ3v) is 10.7. The van der Waals surface area contributed by atoms with E-state index in [4.69, 9.17) is 14.7 Å². The van der Waals surface area contributed by atoms with E-state index < -0.39 is 8.07 Å². The smallest absolute Gasteiger partial charge is 0.172 e. The van der Waals surface area contributed by atoms with Crippen LogP contribution >= 0.6 is 0 Å². The predicted molar refractivity (Wildman–Crippen MR) is 163 cm³/mol. The molecule has 2 heterocycles. The molecule has 0 radical (unpaired) electrons. The van der Waals surface area contributed by atoms with E-state index in [0.717, 1.165) is 55.2 Å². The van der Waals surface area contributed by atoms with Gasteiger partial charge in [0.25, 0.3) is 0 Å². The Balaban J connectivity index is 1.48. The number of anilines is 1. The molecule has 7 heteroatoms. The summed E-state index contributed by atoms with van der Waals surface area (Å²) in [6, 6.07) is 10.3. The van der Waals surface area contributed by atoms with E-state index in [1.54, 1.807) is 0 Å². The van der Waals surface area contributed by atoms with Crippen molar-refractivity contribution in [2.45, 2.75) is 103 Å². The Hall–Kier alpha value is -2.51. The summed E-state index contributed by atoms with van der Waals surface area (Å²) < 4.78 is 8.07. The predicted octanol–water partition coefficient (Wildman–Crippen LogP) is 7.94. The molecule has 0 spiro atoms. The first-order valence-electron chi connectivity index (χ1n) is 15.0. The van der Waals surface area contributed by atoms with Crippen molar-refractivity contribution < 1.29 is 9.53 Å². The van der Waals surface area contributed by atoms with Gasteiger partial charge in [0.1, 0.15) is 12.2 Å². The van der Waals surface area contributed by atoms with Gasteiger partial charge in [-0.1, -0.05) is 70.8 Å². The van der Waals surface area contributed by atoms with E-state index in [2.05, 4.69) is 62.8 Å². The summed E-state index contributed by atoms with van der Waals surface area (Å²) >= 11 is 0. The third kappa shape index (κ3) is 6.30. The van der Waals surface area contributed by atoms with Crippen LogP contribution in [0.4, 0.5) is 5.69 Å². The van der Waals surface area contributed by atoms with Crippen molar-refractivity contribution in [3.63, 3.8) is 0 Å². The van der Waals surface area contributed by atoms with E-state index in [1.807, 2.05) is 17.0 Å². The standard InChI is InChI=1S/C32H46N4O2Si/c1-32(16-9-6-10-17-32)30(37)27-22-36(23-38-18-19-39(3,4)5)31-29(27)34-28(21-33-31)24-12-11-15-26(20-24)35(2)25-13-7-8-14-25/h11-12,15,20-22,25H,6-10,13-14,16-19,23H2,1-5H3. The van der Waals surface area contributed by atoms with Gasteiger partial charge < -0.3 is 14.2 Å². The fourth-order valence-corrected chi connectivity index (χ4v) is 7.02. The Morgan fingerprint density at radius 3 is 2.59 bits per heavy atom. The van der Waals surface area contributed by atoms with Gasteiger partial charge >= 0.3 is 0 Å². The minimum atomic E-state index is -1.18. The maximum atomic E-state index is 14.0. The molecule has 2 aliphatic rings. The van der Waals surface area contributed by atoms with Crippen molar-refractivity contribution in [3.8, 4) is 11.3 Å². The van der Waals surface area contributed by atoms with E-state index >= 15 is 0 Å². The number of fused-ring (bicyclic) bond motifs is 1. The summed E-state index contributed by atoms with van der Waals surface area (Å²) in [5.74, 6) is 0.203. The monoisotopic (exact) mass is 546 g/mol. The molecule has 2 aromatic heterocycles. The molecule has 2 fully saturated rings. The number of rotatable bonds is 10. The fourth-order valence-electron chi connectivity index (χ4n) is 6.27. The Kier molecular flexibility index (Phi) is 8.29. The summed E-state index contributed by atoms with van der Waals surface area (Å²) in [4.78, 5) is 26.4. The molecule has 0 saturated heterocycles. The first-order chi connectivity index (χ1) is 18.6. The van der Waals surface area contributed by atoms with Gasteiger partial charge in [0.2, 0.25) is 0 Å². The quantitative estimate of drug-likeness (QED) is 0.147. The number of ketones is 1. The number of nitrogens with zero attached hydrogens (tertiary/aromatic N) is 4. The van der Waals surface area contributed by atoms with Crippen LogP contribution in [0, 0.1) is 5.41 Å². The summed E-state index contributed by atoms with van der Waals surface area (Å²) in [7, 11) is 1.02. The number of hydrogen-bond acceptors (Lipinski definition) is 5. The third-order valence-electron chi connectivity index (χ3n) is 8.96. The molecule has 0 bridgehead atoms. The van der Waals surface area contributed by atoms with Gasteiger partial charge in [0.15, 0.2) is 11.4 Å². The van der Waals surface area contributed by atoms with Crippen molar-refractivity contribution in [2.24, 2.45) is 5.41 Å². The number of ether oxygens (including phenoxy) is 1. The summed E-state index contributed by atoms with van der Waals surface area (Å²) in [5, 5.41) is 0. The molecule has 0 unspecified atom stereocenters. The normalized spacial score (nSPS) is 18.1. The van der Waals surface area contributed by atoms with Crippen LogP contribution in [0.15, 0.2) is 36.7 Å². The van der Waals surface area contributed by atoms with Crippen molar-refractivity contribution in [3.05, 3.63) is 42.2 Å². The van der Waals surface area contributed by atoms with E-state index in [-0.39, 0.29) is 11.2 Å². The molecule has 1 aromatic carbocycles. The van der Waals surface area contributed by atoms with Crippen LogP contribution in [-0.4, -0.2) is 48.1 Å². The minimum Gasteiger partial charge on any atom is -0.372 e. The first-order valence-corrected chi connectivity index (χ1v) is 18.7. The second kappa shape index (κ2) is 11.5. The Labute approximate surface area is 235 Å².